The second kappa shape index (κ2) is 14.4. The summed E-state index contributed by atoms with van der Waals surface area (Å²) in [6, 6.07) is 89.3. The maximum atomic E-state index is 6.25. The van der Waals surface area contributed by atoms with Gasteiger partial charge in [-0.05, 0) is 134 Å². The second-order valence-electron chi connectivity index (χ2n) is 17.7. The summed E-state index contributed by atoms with van der Waals surface area (Å²) in [4.78, 5) is 2.47. The van der Waals surface area contributed by atoms with E-state index in [-0.39, 0.29) is 5.41 Å². The highest BCUT2D eigenvalue weighted by atomic mass is 16.3. The fourth-order valence-corrected chi connectivity index (χ4v) is 11.5. The standard InChI is InChI=1S/C63H43NO/c1-62(44-19-5-2-6-20-44)56-29-14-11-26-50(56)52-35-33-49(41-59(52)62)64(47-25-17-18-42(38-47)43-32-37-61-55(39-43)53-28-13-16-31-60(53)65-61)48-34-36-58-54(40-48)51-27-12-15-30-57(51)63(58,45-21-7-3-8-22-45)46-23-9-4-10-24-46/h2-41H,1H3. The first kappa shape index (κ1) is 37.4. The van der Waals surface area contributed by atoms with Crippen molar-refractivity contribution in [1.29, 1.82) is 0 Å². The molecule has 0 bridgehead atoms. The van der Waals surface area contributed by atoms with Gasteiger partial charge in [-0.15, -0.1) is 0 Å². The van der Waals surface area contributed by atoms with E-state index < -0.39 is 5.41 Å². The minimum absolute atomic E-state index is 0.346. The summed E-state index contributed by atoms with van der Waals surface area (Å²) in [6.07, 6.45) is 0. The van der Waals surface area contributed by atoms with Crippen LogP contribution in [-0.4, -0.2) is 0 Å². The number of nitrogens with zero attached hydrogens (tertiary/aromatic N) is 1. The third-order valence-corrected chi connectivity index (χ3v) is 14.4. The van der Waals surface area contributed by atoms with Crippen LogP contribution in [0.2, 0.25) is 0 Å². The Morgan fingerprint density at radius 1 is 0.323 bits per heavy atom. The van der Waals surface area contributed by atoms with Crippen LogP contribution < -0.4 is 4.90 Å². The molecule has 2 nitrogen and oxygen atoms in total. The normalized spacial score (nSPS) is 15.3. The number of hydrogen-bond acceptors (Lipinski definition) is 2. The molecule has 0 aliphatic heterocycles. The van der Waals surface area contributed by atoms with Gasteiger partial charge in [0.1, 0.15) is 11.2 Å². The molecule has 2 aliphatic rings. The summed E-state index contributed by atoms with van der Waals surface area (Å²) in [5.74, 6) is 0. The third-order valence-electron chi connectivity index (χ3n) is 14.4. The molecule has 2 heteroatoms. The molecule has 0 fully saturated rings. The SMILES string of the molecule is CC1(c2ccccc2)c2ccccc2-c2ccc(N(c3cccc(-c4ccc5oc6ccccc6c5c4)c3)c3ccc4c(c3)-c3ccccc3C4(c3ccccc3)c3ccccc3)cc21. The third kappa shape index (κ3) is 5.47. The van der Waals surface area contributed by atoms with Crippen molar-refractivity contribution in [3.63, 3.8) is 0 Å². The van der Waals surface area contributed by atoms with Crippen molar-refractivity contribution in [3.8, 4) is 33.4 Å². The summed E-state index contributed by atoms with van der Waals surface area (Å²) in [6.45, 7) is 2.40. The zero-order chi connectivity index (χ0) is 43.1. The summed E-state index contributed by atoms with van der Waals surface area (Å²) in [5, 5.41) is 2.25. The van der Waals surface area contributed by atoms with Crippen LogP contribution >= 0.6 is 0 Å². The summed E-state index contributed by atoms with van der Waals surface area (Å²) < 4.78 is 6.25. The number of benzene rings is 10. The molecule has 11 aromatic rings. The van der Waals surface area contributed by atoms with Gasteiger partial charge < -0.3 is 9.32 Å². The molecule has 1 heterocycles. The van der Waals surface area contributed by atoms with E-state index in [4.69, 9.17) is 4.42 Å². The van der Waals surface area contributed by atoms with E-state index in [1.54, 1.807) is 0 Å². The molecule has 13 rings (SSSR count). The van der Waals surface area contributed by atoms with Gasteiger partial charge in [0.25, 0.3) is 0 Å². The molecule has 0 radical (unpaired) electrons. The summed E-state index contributed by atoms with van der Waals surface area (Å²) in [7, 11) is 0. The van der Waals surface area contributed by atoms with Crippen LogP contribution in [0.3, 0.4) is 0 Å². The lowest BCUT2D eigenvalue weighted by atomic mass is 9.68. The van der Waals surface area contributed by atoms with Crippen LogP contribution in [0.25, 0.3) is 55.3 Å². The first-order valence-electron chi connectivity index (χ1n) is 22.6. The lowest BCUT2D eigenvalue weighted by Crippen LogP contribution is -2.28. The molecule has 0 N–H and O–H groups in total. The van der Waals surface area contributed by atoms with E-state index in [1.807, 2.05) is 12.1 Å². The molecule has 2 aliphatic carbocycles. The van der Waals surface area contributed by atoms with Crippen molar-refractivity contribution in [2.24, 2.45) is 0 Å². The predicted octanol–water partition coefficient (Wildman–Crippen LogP) is 16.4. The van der Waals surface area contributed by atoms with Crippen LogP contribution in [0.4, 0.5) is 17.1 Å². The lowest BCUT2D eigenvalue weighted by molar-refractivity contribution is 0.669. The minimum atomic E-state index is -0.482. The molecule has 0 saturated heterocycles. The van der Waals surface area contributed by atoms with Gasteiger partial charge in [-0.25, -0.2) is 0 Å². The fourth-order valence-electron chi connectivity index (χ4n) is 11.5. The van der Waals surface area contributed by atoms with Gasteiger partial charge in [-0.2, -0.15) is 0 Å². The Morgan fingerprint density at radius 2 is 0.862 bits per heavy atom. The molecule has 65 heavy (non-hydrogen) atoms. The van der Waals surface area contributed by atoms with Gasteiger partial charge in [0.2, 0.25) is 0 Å². The van der Waals surface area contributed by atoms with Gasteiger partial charge in [0.05, 0.1) is 5.41 Å². The highest BCUT2D eigenvalue weighted by Crippen LogP contribution is 2.58. The van der Waals surface area contributed by atoms with Crippen LogP contribution in [0.1, 0.15) is 45.9 Å². The van der Waals surface area contributed by atoms with E-state index in [0.29, 0.717) is 0 Å². The van der Waals surface area contributed by atoms with Crippen molar-refractivity contribution in [2.75, 3.05) is 4.90 Å². The molecule has 1 unspecified atom stereocenters. The predicted molar refractivity (Wildman–Crippen MR) is 269 cm³/mol. The average molecular weight is 830 g/mol. The van der Waals surface area contributed by atoms with E-state index in [0.717, 1.165) is 50.1 Å². The van der Waals surface area contributed by atoms with Gasteiger partial charge in [0, 0.05) is 33.2 Å². The minimum Gasteiger partial charge on any atom is -0.456 e. The molecule has 0 spiro atoms. The van der Waals surface area contributed by atoms with Crippen LogP contribution in [-0.2, 0) is 10.8 Å². The van der Waals surface area contributed by atoms with Crippen molar-refractivity contribution in [3.05, 3.63) is 282 Å². The zero-order valence-electron chi connectivity index (χ0n) is 35.9. The largest absolute Gasteiger partial charge is 0.456 e. The van der Waals surface area contributed by atoms with Gasteiger partial charge in [0.15, 0.2) is 0 Å². The van der Waals surface area contributed by atoms with Crippen LogP contribution in [0.5, 0.6) is 0 Å². The Bertz CT molecular complexity index is 3580. The van der Waals surface area contributed by atoms with E-state index in [1.165, 1.54) is 61.2 Å². The number of para-hydroxylation sites is 1. The molecule has 10 aromatic carbocycles. The van der Waals surface area contributed by atoms with Gasteiger partial charge >= 0.3 is 0 Å². The molecule has 306 valence electrons. The second-order valence-corrected chi connectivity index (χ2v) is 17.7. The molecular weight excluding hydrogens is 787 g/mol. The number of anilines is 3. The molecule has 1 aromatic heterocycles. The van der Waals surface area contributed by atoms with Crippen LogP contribution in [0.15, 0.2) is 247 Å². The highest BCUT2D eigenvalue weighted by molar-refractivity contribution is 6.06. The van der Waals surface area contributed by atoms with Crippen molar-refractivity contribution in [2.45, 2.75) is 17.8 Å². The van der Waals surface area contributed by atoms with Crippen molar-refractivity contribution >= 4 is 39.0 Å². The molecule has 0 saturated carbocycles. The molecule has 0 amide bonds. The summed E-state index contributed by atoms with van der Waals surface area (Å²) >= 11 is 0. The number of furan rings is 1. The van der Waals surface area contributed by atoms with E-state index in [2.05, 4.69) is 242 Å². The molecule has 1 atom stereocenters. The molecular formula is C63H43NO. The smallest absolute Gasteiger partial charge is 0.135 e. The number of hydrogen-bond donors (Lipinski definition) is 0. The fraction of sp³-hybridized carbons (Fsp3) is 0.0476. The Labute approximate surface area is 379 Å². The average Bonchev–Trinajstić information content (AvgIpc) is 3.99. The van der Waals surface area contributed by atoms with Gasteiger partial charge in [-0.3, -0.25) is 0 Å². The first-order chi connectivity index (χ1) is 32.1. The first-order valence-corrected chi connectivity index (χ1v) is 22.6. The van der Waals surface area contributed by atoms with Crippen molar-refractivity contribution < 1.29 is 4.42 Å². The van der Waals surface area contributed by atoms with E-state index in [9.17, 15) is 0 Å². The maximum Gasteiger partial charge on any atom is 0.135 e. The Kier molecular flexibility index (Phi) is 8.29. The lowest BCUT2D eigenvalue weighted by Gasteiger charge is -2.34. The van der Waals surface area contributed by atoms with E-state index >= 15 is 0 Å². The Morgan fingerprint density at radius 3 is 1.62 bits per heavy atom. The Hall–Kier alpha value is -8.20. The monoisotopic (exact) mass is 829 g/mol. The summed E-state index contributed by atoms with van der Waals surface area (Å²) in [5.41, 5.74) is 20.7. The Balaban J connectivity index is 1.04. The maximum absolute atomic E-state index is 6.25. The zero-order valence-corrected chi connectivity index (χ0v) is 35.9. The topological polar surface area (TPSA) is 16.4 Å². The van der Waals surface area contributed by atoms with Crippen molar-refractivity contribution in [1.82, 2.24) is 0 Å². The number of rotatable bonds is 7. The van der Waals surface area contributed by atoms with Crippen LogP contribution in [0, 0.1) is 0 Å². The van der Waals surface area contributed by atoms with Gasteiger partial charge in [-0.1, -0.05) is 188 Å². The number of fused-ring (bicyclic) bond motifs is 9. The highest BCUT2D eigenvalue weighted by Gasteiger charge is 2.46. The quantitative estimate of drug-likeness (QED) is 0.159.